The van der Waals surface area contributed by atoms with Crippen molar-refractivity contribution in [2.75, 3.05) is 10.5 Å². The lowest BCUT2D eigenvalue weighted by atomic mass is 10.2. The first-order chi connectivity index (χ1) is 8.35. The minimum Gasteiger partial charge on any atom is -0.507 e. The van der Waals surface area contributed by atoms with Gasteiger partial charge in [0.2, 0.25) is 10.0 Å². The fourth-order valence-electron chi connectivity index (χ4n) is 1.34. The Balaban J connectivity index is 2.92. The number of benzene rings is 1. The topological polar surface area (TPSA) is 104 Å². The fraction of sp³-hybridized carbons (Fsp3) is 0.364. The number of aromatic hydroxyl groups is 1. The highest BCUT2D eigenvalue weighted by molar-refractivity contribution is 7.92. The molecule has 100 valence electrons. The summed E-state index contributed by atoms with van der Waals surface area (Å²) in [5.74, 6) is -1.74. The Morgan fingerprint density at radius 1 is 1.39 bits per heavy atom. The number of rotatable bonds is 6. The van der Waals surface area contributed by atoms with Gasteiger partial charge in [0, 0.05) is 5.69 Å². The Morgan fingerprint density at radius 3 is 2.61 bits per heavy atom. The first-order valence-corrected chi connectivity index (χ1v) is 7.07. The van der Waals surface area contributed by atoms with E-state index in [0.717, 1.165) is 18.6 Å². The van der Waals surface area contributed by atoms with E-state index in [9.17, 15) is 18.3 Å². The van der Waals surface area contributed by atoms with E-state index in [1.165, 1.54) is 6.07 Å². The minimum absolute atomic E-state index is 0.0211. The Hall–Kier alpha value is -1.76. The normalized spacial score (nSPS) is 11.2. The molecule has 1 aromatic carbocycles. The molecule has 0 saturated carbocycles. The molecule has 0 bridgehead atoms. The smallest absolute Gasteiger partial charge is 0.339 e. The number of anilines is 1. The van der Waals surface area contributed by atoms with Crippen LogP contribution in [0.2, 0.25) is 0 Å². The minimum atomic E-state index is -3.48. The summed E-state index contributed by atoms with van der Waals surface area (Å²) < 4.78 is 25.5. The number of carboxylic acid groups (broad SMARTS) is 1. The molecular weight excluding hydrogens is 258 g/mol. The van der Waals surface area contributed by atoms with Gasteiger partial charge in [-0.3, -0.25) is 4.72 Å². The van der Waals surface area contributed by atoms with Crippen molar-refractivity contribution in [1.29, 1.82) is 0 Å². The van der Waals surface area contributed by atoms with E-state index >= 15 is 0 Å². The summed E-state index contributed by atoms with van der Waals surface area (Å²) in [5, 5.41) is 18.1. The van der Waals surface area contributed by atoms with Crippen molar-refractivity contribution >= 4 is 21.7 Å². The molecule has 6 nitrogen and oxygen atoms in total. The summed E-state index contributed by atoms with van der Waals surface area (Å²) in [5.41, 5.74) is -0.216. The lowest BCUT2D eigenvalue weighted by Crippen LogP contribution is -2.16. The number of carbonyl (C=O) groups is 1. The van der Waals surface area contributed by atoms with E-state index in [1.54, 1.807) is 0 Å². The number of aromatic carboxylic acids is 1. The Kier molecular flexibility index (Phi) is 4.55. The molecule has 0 unspecified atom stereocenters. The molecule has 7 heteroatoms. The van der Waals surface area contributed by atoms with Crippen LogP contribution in [0.1, 0.15) is 30.1 Å². The van der Waals surface area contributed by atoms with Gasteiger partial charge in [-0.15, -0.1) is 0 Å². The molecule has 0 radical (unpaired) electrons. The average molecular weight is 273 g/mol. The van der Waals surface area contributed by atoms with Crippen molar-refractivity contribution in [3.63, 3.8) is 0 Å². The maximum atomic E-state index is 11.6. The lowest BCUT2D eigenvalue weighted by molar-refractivity contribution is 0.0694. The van der Waals surface area contributed by atoms with Gasteiger partial charge in [-0.05, 0) is 24.6 Å². The molecule has 0 saturated heterocycles. The molecule has 1 rings (SSSR count). The van der Waals surface area contributed by atoms with Crippen LogP contribution in [0.5, 0.6) is 5.75 Å². The summed E-state index contributed by atoms with van der Waals surface area (Å²) in [6, 6.07) is 3.54. The van der Waals surface area contributed by atoms with Gasteiger partial charge in [0.25, 0.3) is 0 Å². The number of hydrogen-bond acceptors (Lipinski definition) is 4. The number of carboxylic acids is 1. The van der Waals surface area contributed by atoms with Gasteiger partial charge >= 0.3 is 5.97 Å². The number of unbranched alkanes of at least 4 members (excludes halogenated alkanes) is 1. The van der Waals surface area contributed by atoms with Crippen molar-refractivity contribution < 1.29 is 23.4 Å². The fourth-order valence-corrected chi connectivity index (χ4v) is 2.59. The zero-order valence-corrected chi connectivity index (χ0v) is 10.7. The largest absolute Gasteiger partial charge is 0.507 e. The van der Waals surface area contributed by atoms with Crippen LogP contribution < -0.4 is 4.72 Å². The van der Waals surface area contributed by atoms with E-state index in [1.807, 2.05) is 6.92 Å². The van der Waals surface area contributed by atoms with Gasteiger partial charge in [-0.1, -0.05) is 13.3 Å². The van der Waals surface area contributed by atoms with E-state index in [-0.39, 0.29) is 17.0 Å². The van der Waals surface area contributed by atoms with Crippen LogP contribution in [-0.4, -0.2) is 30.4 Å². The first kappa shape index (κ1) is 14.3. The predicted octanol–water partition coefficient (Wildman–Crippen LogP) is 1.63. The second kappa shape index (κ2) is 5.72. The summed E-state index contributed by atoms with van der Waals surface area (Å²) in [6.45, 7) is 1.87. The number of hydrogen-bond donors (Lipinski definition) is 3. The molecule has 3 N–H and O–H groups in total. The molecule has 0 heterocycles. The zero-order valence-electron chi connectivity index (χ0n) is 9.88. The van der Waals surface area contributed by atoms with Crippen LogP contribution in [0, 0.1) is 0 Å². The summed E-state index contributed by atoms with van der Waals surface area (Å²) in [6.07, 6.45) is 1.27. The SMILES string of the molecule is CCCCS(=O)(=O)Nc1ccc(O)c(C(=O)O)c1. The van der Waals surface area contributed by atoms with E-state index in [0.29, 0.717) is 6.42 Å². The van der Waals surface area contributed by atoms with Crippen molar-refractivity contribution in [3.8, 4) is 5.75 Å². The quantitative estimate of drug-likeness (QED) is 0.683. The number of phenols is 1. The lowest BCUT2D eigenvalue weighted by Gasteiger charge is -2.08. The highest BCUT2D eigenvalue weighted by Crippen LogP contribution is 2.22. The van der Waals surface area contributed by atoms with Crippen LogP contribution in [0.4, 0.5) is 5.69 Å². The molecule has 0 aromatic heterocycles. The number of nitrogens with one attached hydrogen (secondary N) is 1. The molecule has 0 fully saturated rings. The van der Waals surface area contributed by atoms with Crippen LogP contribution >= 0.6 is 0 Å². The maximum absolute atomic E-state index is 11.6. The standard InChI is InChI=1S/C11H15NO5S/c1-2-3-6-18(16,17)12-8-4-5-10(13)9(7-8)11(14)15/h4-5,7,12-13H,2-3,6H2,1H3,(H,14,15). The monoisotopic (exact) mass is 273 g/mol. The summed E-state index contributed by atoms with van der Waals surface area (Å²) in [4.78, 5) is 10.8. The third kappa shape index (κ3) is 3.92. The van der Waals surface area contributed by atoms with Gasteiger partial charge < -0.3 is 10.2 Å². The van der Waals surface area contributed by atoms with Crippen LogP contribution in [-0.2, 0) is 10.0 Å². The second-order valence-electron chi connectivity index (χ2n) is 3.81. The van der Waals surface area contributed by atoms with Crippen molar-refractivity contribution in [2.45, 2.75) is 19.8 Å². The molecular formula is C11H15NO5S. The maximum Gasteiger partial charge on any atom is 0.339 e. The third-order valence-corrected chi connectivity index (χ3v) is 3.64. The molecule has 0 spiro atoms. The van der Waals surface area contributed by atoms with Gasteiger partial charge in [0.05, 0.1) is 5.75 Å². The van der Waals surface area contributed by atoms with Gasteiger partial charge in [0.15, 0.2) is 0 Å². The highest BCUT2D eigenvalue weighted by atomic mass is 32.2. The zero-order chi connectivity index (χ0) is 13.8. The Morgan fingerprint density at radius 2 is 2.06 bits per heavy atom. The van der Waals surface area contributed by atoms with Crippen LogP contribution in [0.15, 0.2) is 18.2 Å². The molecule has 1 aromatic rings. The van der Waals surface area contributed by atoms with Crippen molar-refractivity contribution in [2.24, 2.45) is 0 Å². The van der Waals surface area contributed by atoms with Crippen molar-refractivity contribution in [1.82, 2.24) is 0 Å². The van der Waals surface area contributed by atoms with Gasteiger partial charge in [-0.25, -0.2) is 13.2 Å². The second-order valence-corrected chi connectivity index (χ2v) is 5.65. The van der Waals surface area contributed by atoms with Crippen LogP contribution in [0.3, 0.4) is 0 Å². The molecule has 0 aliphatic carbocycles. The van der Waals surface area contributed by atoms with E-state index in [4.69, 9.17) is 5.11 Å². The first-order valence-electron chi connectivity index (χ1n) is 5.42. The third-order valence-electron chi connectivity index (χ3n) is 2.27. The van der Waals surface area contributed by atoms with Crippen LogP contribution in [0.25, 0.3) is 0 Å². The molecule has 0 amide bonds. The Bertz CT molecular complexity index is 538. The van der Waals surface area contributed by atoms with Crippen molar-refractivity contribution in [3.05, 3.63) is 23.8 Å². The highest BCUT2D eigenvalue weighted by Gasteiger charge is 2.14. The van der Waals surface area contributed by atoms with E-state index in [2.05, 4.69) is 4.72 Å². The molecule has 0 atom stereocenters. The molecule has 0 aliphatic rings. The molecule has 18 heavy (non-hydrogen) atoms. The van der Waals surface area contributed by atoms with Gasteiger partial charge in [0.1, 0.15) is 11.3 Å². The number of sulfonamides is 1. The van der Waals surface area contributed by atoms with Gasteiger partial charge in [-0.2, -0.15) is 0 Å². The predicted molar refractivity (Wildman–Crippen MR) is 67.4 cm³/mol. The summed E-state index contributed by atoms with van der Waals surface area (Å²) in [7, 11) is -3.48. The van der Waals surface area contributed by atoms with E-state index < -0.39 is 21.7 Å². The molecule has 0 aliphatic heterocycles. The Labute approximate surface area is 105 Å². The summed E-state index contributed by atoms with van der Waals surface area (Å²) >= 11 is 0. The average Bonchev–Trinajstić information content (AvgIpc) is 2.28.